The van der Waals surface area contributed by atoms with Gasteiger partial charge in [-0.2, -0.15) is 0 Å². The summed E-state index contributed by atoms with van der Waals surface area (Å²) in [4.78, 5) is 18.6. The predicted molar refractivity (Wildman–Crippen MR) is 98.4 cm³/mol. The van der Waals surface area contributed by atoms with Crippen molar-refractivity contribution in [1.82, 2.24) is 14.8 Å². The number of likely N-dealkylation sites (tertiary alicyclic amines) is 1. The number of hydrogen-bond acceptors (Lipinski definition) is 2. The second kappa shape index (κ2) is 7.86. The summed E-state index contributed by atoms with van der Waals surface area (Å²) in [5, 5.41) is 3.51. The Morgan fingerprint density at radius 2 is 2.08 bits per heavy atom. The van der Waals surface area contributed by atoms with Gasteiger partial charge in [0.1, 0.15) is 0 Å². The van der Waals surface area contributed by atoms with E-state index in [9.17, 15) is 4.79 Å². The number of aryl methyl sites for hydroxylation is 1. The normalized spacial score (nSPS) is 20.0. The van der Waals surface area contributed by atoms with Crippen molar-refractivity contribution in [2.75, 3.05) is 26.7 Å². The summed E-state index contributed by atoms with van der Waals surface area (Å²) in [6.07, 6.45) is 10.8. The molecule has 1 aliphatic carbocycles. The molecule has 3 rings (SSSR count). The molecule has 2 heterocycles. The van der Waals surface area contributed by atoms with Crippen LogP contribution in [0.1, 0.15) is 44.9 Å². The lowest BCUT2D eigenvalue weighted by molar-refractivity contribution is 0.309. The van der Waals surface area contributed by atoms with Gasteiger partial charge in [-0.15, -0.1) is 0 Å². The Balaban J connectivity index is 1.39. The molecule has 1 saturated heterocycles. The molecule has 2 aliphatic rings. The molecule has 132 valence electrons. The van der Waals surface area contributed by atoms with Crippen LogP contribution in [0.15, 0.2) is 34.2 Å². The van der Waals surface area contributed by atoms with Gasteiger partial charge in [0.25, 0.3) is 0 Å². The molecule has 1 spiro atoms. The maximum Gasteiger partial charge on any atom is 0.250 e. The molecule has 1 saturated carbocycles. The molecule has 0 radical (unpaired) electrons. The minimum absolute atomic E-state index is 0.0835. The van der Waals surface area contributed by atoms with E-state index in [1.54, 1.807) is 16.7 Å². The molecule has 5 heteroatoms. The van der Waals surface area contributed by atoms with Gasteiger partial charge in [-0.05, 0) is 43.6 Å². The SMILES string of the molecule is CN=C(NCCCCn1ccccc1=O)N1CCC2(CCCC2)C1. The summed E-state index contributed by atoms with van der Waals surface area (Å²) in [7, 11) is 1.88. The quantitative estimate of drug-likeness (QED) is 0.513. The Morgan fingerprint density at radius 3 is 2.83 bits per heavy atom. The first-order valence-electron chi connectivity index (χ1n) is 9.34. The van der Waals surface area contributed by atoms with E-state index in [-0.39, 0.29) is 5.56 Å². The monoisotopic (exact) mass is 330 g/mol. The van der Waals surface area contributed by atoms with Crippen LogP contribution in [0.25, 0.3) is 0 Å². The van der Waals surface area contributed by atoms with Gasteiger partial charge in [0.15, 0.2) is 5.96 Å². The van der Waals surface area contributed by atoms with Crippen LogP contribution in [0.2, 0.25) is 0 Å². The molecule has 2 fully saturated rings. The van der Waals surface area contributed by atoms with Crippen LogP contribution in [0.3, 0.4) is 0 Å². The van der Waals surface area contributed by atoms with Gasteiger partial charge in [0, 0.05) is 45.5 Å². The van der Waals surface area contributed by atoms with Crippen molar-refractivity contribution < 1.29 is 0 Å². The zero-order chi connectivity index (χ0) is 16.8. The van der Waals surface area contributed by atoms with E-state index in [0.717, 1.165) is 38.4 Å². The Labute approximate surface area is 144 Å². The highest BCUT2D eigenvalue weighted by Crippen LogP contribution is 2.45. The molecule has 0 unspecified atom stereocenters. The Kier molecular flexibility index (Phi) is 5.59. The molecule has 0 atom stereocenters. The molecule has 1 N–H and O–H groups in total. The number of pyridine rings is 1. The third kappa shape index (κ3) is 4.00. The van der Waals surface area contributed by atoms with Crippen molar-refractivity contribution in [3.63, 3.8) is 0 Å². The fraction of sp³-hybridized carbons (Fsp3) is 0.684. The molecule has 0 amide bonds. The second-order valence-electron chi connectivity index (χ2n) is 7.29. The van der Waals surface area contributed by atoms with E-state index in [2.05, 4.69) is 15.2 Å². The fourth-order valence-electron chi connectivity index (χ4n) is 4.23. The van der Waals surface area contributed by atoms with Gasteiger partial charge in [-0.1, -0.05) is 18.9 Å². The average Bonchev–Trinajstić information content (AvgIpc) is 3.23. The molecule has 5 nitrogen and oxygen atoms in total. The lowest BCUT2D eigenvalue weighted by atomic mass is 9.86. The van der Waals surface area contributed by atoms with E-state index in [1.807, 2.05) is 19.3 Å². The molecule has 1 aliphatic heterocycles. The van der Waals surface area contributed by atoms with Crippen molar-refractivity contribution in [1.29, 1.82) is 0 Å². The predicted octanol–water partition coefficient (Wildman–Crippen LogP) is 2.47. The minimum atomic E-state index is 0.0835. The number of guanidine groups is 1. The van der Waals surface area contributed by atoms with Crippen LogP contribution >= 0.6 is 0 Å². The van der Waals surface area contributed by atoms with Crippen LogP contribution < -0.4 is 10.9 Å². The number of hydrogen-bond donors (Lipinski definition) is 1. The van der Waals surface area contributed by atoms with Crippen molar-refractivity contribution in [3.05, 3.63) is 34.7 Å². The van der Waals surface area contributed by atoms with Gasteiger partial charge >= 0.3 is 0 Å². The van der Waals surface area contributed by atoms with Crippen molar-refractivity contribution in [3.8, 4) is 0 Å². The molecule has 0 aromatic carbocycles. The Morgan fingerprint density at radius 1 is 1.25 bits per heavy atom. The molecule has 1 aromatic heterocycles. The van der Waals surface area contributed by atoms with Crippen molar-refractivity contribution in [2.24, 2.45) is 10.4 Å². The summed E-state index contributed by atoms with van der Waals surface area (Å²) in [5.74, 6) is 1.05. The standard InChI is InChI=1S/C19H30N4O/c1-20-18(23-15-11-19(16-23)9-3-4-10-19)21-12-5-7-14-22-13-6-2-8-17(22)24/h2,6,8,13H,3-5,7,9-12,14-16H2,1H3,(H,20,21). The first-order chi connectivity index (χ1) is 11.7. The molecule has 24 heavy (non-hydrogen) atoms. The van der Waals surface area contributed by atoms with Crippen molar-refractivity contribution in [2.45, 2.75) is 51.5 Å². The first kappa shape index (κ1) is 17.1. The maximum atomic E-state index is 11.7. The third-order valence-corrected chi connectivity index (χ3v) is 5.62. The van der Waals surface area contributed by atoms with Crippen LogP contribution in [0.4, 0.5) is 0 Å². The zero-order valence-corrected chi connectivity index (χ0v) is 14.8. The van der Waals surface area contributed by atoms with E-state index < -0.39 is 0 Å². The van der Waals surface area contributed by atoms with Crippen LogP contribution in [0.5, 0.6) is 0 Å². The number of nitrogens with one attached hydrogen (secondary N) is 1. The summed E-state index contributed by atoms with van der Waals surface area (Å²) in [6.45, 7) is 4.01. The lowest BCUT2D eigenvalue weighted by Crippen LogP contribution is -2.41. The fourth-order valence-corrected chi connectivity index (χ4v) is 4.23. The van der Waals surface area contributed by atoms with Gasteiger partial charge < -0.3 is 14.8 Å². The number of unbranched alkanes of at least 4 members (excludes halogenated alkanes) is 1. The number of nitrogens with zero attached hydrogens (tertiary/aromatic N) is 3. The third-order valence-electron chi connectivity index (χ3n) is 5.62. The number of aliphatic imine (C=N–C) groups is 1. The minimum Gasteiger partial charge on any atom is -0.356 e. The highest BCUT2D eigenvalue weighted by molar-refractivity contribution is 5.80. The Bertz CT molecular complexity index is 616. The van der Waals surface area contributed by atoms with Crippen LogP contribution in [-0.2, 0) is 6.54 Å². The average molecular weight is 330 g/mol. The summed E-state index contributed by atoms with van der Waals surface area (Å²) < 4.78 is 1.78. The maximum absolute atomic E-state index is 11.7. The summed E-state index contributed by atoms with van der Waals surface area (Å²) in [6, 6.07) is 5.32. The smallest absolute Gasteiger partial charge is 0.250 e. The van der Waals surface area contributed by atoms with Crippen LogP contribution in [-0.4, -0.2) is 42.1 Å². The number of rotatable bonds is 5. The lowest BCUT2D eigenvalue weighted by Gasteiger charge is -2.25. The number of aromatic nitrogens is 1. The van der Waals surface area contributed by atoms with E-state index in [4.69, 9.17) is 0 Å². The van der Waals surface area contributed by atoms with Gasteiger partial charge in [-0.25, -0.2) is 0 Å². The van der Waals surface area contributed by atoms with E-state index in [1.165, 1.54) is 38.6 Å². The molecular weight excluding hydrogens is 300 g/mol. The molecule has 0 bridgehead atoms. The first-order valence-corrected chi connectivity index (χ1v) is 9.34. The van der Waals surface area contributed by atoms with Crippen molar-refractivity contribution >= 4 is 5.96 Å². The van der Waals surface area contributed by atoms with Crippen LogP contribution in [0, 0.1) is 5.41 Å². The Hall–Kier alpha value is -1.78. The summed E-state index contributed by atoms with van der Waals surface area (Å²) >= 11 is 0. The summed E-state index contributed by atoms with van der Waals surface area (Å²) in [5.41, 5.74) is 0.659. The van der Waals surface area contributed by atoms with Gasteiger partial charge in [-0.3, -0.25) is 9.79 Å². The largest absolute Gasteiger partial charge is 0.356 e. The second-order valence-corrected chi connectivity index (χ2v) is 7.29. The van der Waals surface area contributed by atoms with Gasteiger partial charge in [0.2, 0.25) is 5.56 Å². The van der Waals surface area contributed by atoms with Gasteiger partial charge in [0.05, 0.1) is 0 Å². The highest BCUT2D eigenvalue weighted by atomic mass is 16.1. The zero-order valence-electron chi connectivity index (χ0n) is 14.8. The topological polar surface area (TPSA) is 49.6 Å². The molecular formula is C19H30N4O. The van der Waals surface area contributed by atoms with E-state index >= 15 is 0 Å². The molecule has 1 aromatic rings. The van der Waals surface area contributed by atoms with E-state index in [0.29, 0.717) is 5.41 Å². The highest BCUT2D eigenvalue weighted by Gasteiger charge is 2.40.